The summed E-state index contributed by atoms with van der Waals surface area (Å²) in [5.74, 6) is 1.57. The highest BCUT2D eigenvalue weighted by Crippen LogP contribution is 2.10. The van der Waals surface area contributed by atoms with Gasteiger partial charge in [-0.25, -0.2) is 9.97 Å². The number of ether oxygens (including phenoxy) is 1. The van der Waals surface area contributed by atoms with Gasteiger partial charge in [-0.15, -0.1) is 0 Å². The lowest BCUT2D eigenvalue weighted by Crippen LogP contribution is -2.05. The molecule has 0 aliphatic heterocycles. The molecule has 0 spiro atoms. The van der Waals surface area contributed by atoms with Gasteiger partial charge in [-0.1, -0.05) is 6.07 Å². The summed E-state index contributed by atoms with van der Waals surface area (Å²) in [6.45, 7) is 0.483. The van der Waals surface area contributed by atoms with Crippen LogP contribution in [0.2, 0.25) is 0 Å². The molecule has 0 bridgehead atoms. The van der Waals surface area contributed by atoms with Gasteiger partial charge in [0, 0.05) is 39.0 Å². The lowest BCUT2D eigenvalue weighted by atomic mass is 10.2. The SMILES string of the molecule is CNc1cc(COC)nc(Cc2cccnc2)n1. The first-order valence-corrected chi connectivity index (χ1v) is 5.74. The first kappa shape index (κ1) is 12.4. The number of pyridine rings is 1. The Morgan fingerprint density at radius 3 is 2.89 bits per heavy atom. The topological polar surface area (TPSA) is 59.9 Å². The lowest BCUT2D eigenvalue weighted by Gasteiger charge is -2.07. The van der Waals surface area contributed by atoms with E-state index in [2.05, 4.69) is 20.3 Å². The number of rotatable bonds is 5. The van der Waals surface area contributed by atoms with E-state index < -0.39 is 0 Å². The van der Waals surface area contributed by atoms with E-state index in [4.69, 9.17) is 4.74 Å². The van der Waals surface area contributed by atoms with Gasteiger partial charge in [-0.3, -0.25) is 4.98 Å². The summed E-state index contributed by atoms with van der Waals surface area (Å²) in [5.41, 5.74) is 1.96. The number of hydrogen-bond acceptors (Lipinski definition) is 5. The Morgan fingerprint density at radius 1 is 1.33 bits per heavy atom. The van der Waals surface area contributed by atoms with E-state index >= 15 is 0 Å². The second kappa shape index (κ2) is 6.07. The molecule has 0 aliphatic rings. The lowest BCUT2D eigenvalue weighted by molar-refractivity contribution is 0.181. The van der Waals surface area contributed by atoms with Gasteiger partial charge in [0.2, 0.25) is 0 Å². The third-order valence-corrected chi connectivity index (χ3v) is 2.46. The van der Waals surface area contributed by atoms with Crippen molar-refractivity contribution >= 4 is 5.82 Å². The zero-order valence-corrected chi connectivity index (χ0v) is 10.6. The van der Waals surface area contributed by atoms with Crippen molar-refractivity contribution in [3.63, 3.8) is 0 Å². The minimum absolute atomic E-state index is 0.483. The summed E-state index contributed by atoms with van der Waals surface area (Å²) in [4.78, 5) is 13.0. The fourth-order valence-corrected chi connectivity index (χ4v) is 1.67. The molecule has 0 radical (unpaired) electrons. The third kappa shape index (κ3) is 3.24. The van der Waals surface area contributed by atoms with E-state index in [0.717, 1.165) is 22.9 Å². The molecule has 18 heavy (non-hydrogen) atoms. The molecule has 0 fully saturated rings. The monoisotopic (exact) mass is 244 g/mol. The zero-order valence-electron chi connectivity index (χ0n) is 10.6. The van der Waals surface area contributed by atoms with Gasteiger partial charge in [-0.05, 0) is 11.6 Å². The maximum atomic E-state index is 5.10. The van der Waals surface area contributed by atoms with Crippen molar-refractivity contribution in [2.45, 2.75) is 13.0 Å². The molecular weight excluding hydrogens is 228 g/mol. The molecule has 0 atom stereocenters. The summed E-state index contributed by atoms with van der Waals surface area (Å²) in [7, 11) is 3.49. The van der Waals surface area contributed by atoms with Gasteiger partial charge in [0.05, 0.1) is 12.3 Å². The van der Waals surface area contributed by atoms with E-state index in [-0.39, 0.29) is 0 Å². The Bertz CT molecular complexity index is 502. The fraction of sp³-hybridized carbons (Fsp3) is 0.308. The molecule has 2 rings (SSSR count). The van der Waals surface area contributed by atoms with E-state index in [1.807, 2.05) is 31.4 Å². The van der Waals surface area contributed by atoms with E-state index in [0.29, 0.717) is 13.0 Å². The molecule has 0 aromatic carbocycles. The number of methoxy groups -OCH3 is 1. The molecule has 0 saturated heterocycles. The van der Waals surface area contributed by atoms with Crippen LogP contribution in [0.1, 0.15) is 17.1 Å². The molecule has 0 saturated carbocycles. The van der Waals surface area contributed by atoms with Crippen LogP contribution in [0.5, 0.6) is 0 Å². The van der Waals surface area contributed by atoms with Crippen molar-refractivity contribution in [1.29, 1.82) is 0 Å². The molecule has 2 aromatic rings. The van der Waals surface area contributed by atoms with Crippen molar-refractivity contribution < 1.29 is 4.74 Å². The van der Waals surface area contributed by atoms with Crippen LogP contribution in [0.25, 0.3) is 0 Å². The normalized spacial score (nSPS) is 10.3. The van der Waals surface area contributed by atoms with Crippen LogP contribution >= 0.6 is 0 Å². The summed E-state index contributed by atoms with van der Waals surface area (Å²) >= 11 is 0. The first-order chi connectivity index (χ1) is 8.81. The first-order valence-electron chi connectivity index (χ1n) is 5.74. The molecule has 0 unspecified atom stereocenters. The second-order valence-electron chi connectivity index (χ2n) is 3.88. The van der Waals surface area contributed by atoms with Gasteiger partial charge < -0.3 is 10.1 Å². The maximum Gasteiger partial charge on any atom is 0.135 e. The average Bonchev–Trinajstić information content (AvgIpc) is 2.40. The number of nitrogens with one attached hydrogen (secondary N) is 1. The number of nitrogens with zero attached hydrogens (tertiary/aromatic N) is 3. The van der Waals surface area contributed by atoms with E-state index in [1.165, 1.54) is 0 Å². The maximum absolute atomic E-state index is 5.10. The van der Waals surface area contributed by atoms with Crippen molar-refractivity contribution in [2.24, 2.45) is 0 Å². The molecule has 1 N–H and O–H groups in total. The molecular formula is C13H16N4O. The molecule has 5 heteroatoms. The smallest absolute Gasteiger partial charge is 0.135 e. The highest BCUT2D eigenvalue weighted by molar-refractivity contribution is 5.35. The van der Waals surface area contributed by atoms with Crippen molar-refractivity contribution in [3.05, 3.63) is 47.7 Å². The van der Waals surface area contributed by atoms with E-state index in [1.54, 1.807) is 13.3 Å². The Labute approximate surface area is 106 Å². The van der Waals surface area contributed by atoms with Crippen molar-refractivity contribution in [1.82, 2.24) is 15.0 Å². The highest BCUT2D eigenvalue weighted by atomic mass is 16.5. The molecule has 2 heterocycles. The Morgan fingerprint density at radius 2 is 2.22 bits per heavy atom. The minimum Gasteiger partial charge on any atom is -0.378 e. The number of aromatic nitrogens is 3. The van der Waals surface area contributed by atoms with Gasteiger partial charge in [0.1, 0.15) is 11.6 Å². The summed E-state index contributed by atoms with van der Waals surface area (Å²) in [5, 5.41) is 3.03. The average molecular weight is 244 g/mol. The minimum atomic E-state index is 0.483. The Balaban J connectivity index is 2.24. The largest absolute Gasteiger partial charge is 0.378 e. The molecule has 5 nitrogen and oxygen atoms in total. The summed E-state index contributed by atoms with van der Waals surface area (Å²) in [6.07, 6.45) is 4.25. The highest BCUT2D eigenvalue weighted by Gasteiger charge is 2.05. The van der Waals surface area contributed by atoms with Crippen LogP contribution in [-0.2, 0) is 17.8 Å². The van der Waals surface area contributed by atoms with Crippen LogP contribution in [0.4, 0.5) is 5.82 Å². The zero-order chi connectivity index (χ0) is 12.8. The van der Waals surface area contributed by atoms with Crippen LogP contribution in [0.15, 0.2) is 30.6 Å². The third-order valence-electron chi connectivity index (χ3n) is 2.46. The fourth-order valence-electron chi connectivity index (χ4n) is 1.67. The molecule has 0 aliphatic carbocycles. The van der Waals surface area contributed by atoms with Gasteiger partial charge in [-0.2, -0.15) is 0 Å². The molecule has 0 amide bonds. The molecule has 2 aromatic heterocycles. The second-order valence-corrected chi connectivity index (χ2v) is 3.88. The van der Waals surface area contributed by atoms with Crippen molar-refractivity contribution in [2.75, 3.05) is 19.5 Å². The predicted octanol–water partition coefficient (Wildman–Crippen LogP) is 1.65. The Hall–Kier alpha value is -2.01. The quantitative estimate of drug-likeness (QED) is 0.866. The summed E-state index contributed by atoms with van der Waals surface area (Å²) in [6, 6.07) is 5.81. The van der Waals surface area contributed by atoms with Gasteiger partial charge in [0.15, 0.2) is 0 Å². The predicted molar refractivity (Wildman–Crippen MR) is 69.3 cm³/mol. The van der Waals surface area contributed by atoms with Crippen LogP contribution in [0.3, 0.4) is 0 Å². The van der Waals surface area contributed by atoms with Gasteiger partial charge >= 0.3 is 0 Å². The van der Waals surface area contributed by atoms with Crippen LogP contribution < -0.4 is 5.32 Å². The molecule has 94 valence electrons. The number of anilines is 1. The van der Waals surface area contributed by atoms with Crippen LogP contribution in [-0.4, -0.2) is 29.1 Å². The standard InChI is InChI=1S/C13H16N4O/c1-14-12-7-11(9-18-2)16-13(17-12)6-10-4-3-5-15-8-10/h3-5,7-8H,6,9H2,1-2H3,(H,14,16,17). The van der Waals surface area contributed by atoms with Crippen LogP contribution in [0, 0.1) is 0 Å². The van der Waals surface area contributed by atoms with E-state index in [9.17, 15) is 0 Å². The number of hydrogen-bond donors (Lipinski definition) is 1. The summed E-state index contributed by atoms with van der Waals surface area (Å²) < 4.78 is 5.10. The van der Waals surface area contributed by atoms with Crippen molar-refractivity contribution in [3.8, 4) is 0 Å². The van der Waals surface area contributed by atoms with Gasteiger partial charge in [0.25, 0.3) is 0 Å². The Kier molecular flexibility index (Phi) is 4.20.